The van der Waals surface area contributed by atoms with Crippen LogP contribution in [0, 0.1) is 11.8 Å². The van der Waals surface area contributed by atoms with Crippen LogP contribution in [0.5, 0.6) is 0 Å². The lowest BCUT2D eigenvalue weighted by Gasteiger charge is -2.37. The molecular formula is C22H31NO2. The van der Waals surface area contributed by atoms with Gasteiger partial charge in [-0.05, 0) is 65.2 Å². The molecule has 1 saturated carbocycles. The third kappa shape index (κ3) is 3.37. The lowest BCUT2D eigenvalue weighted by Crippen LogP contribution is -2.38. The molecule has 4 atom stereocenters. The summed E-state index contributed by atoms with van der Waals surface area (Å²) in [6.45, 7) is 2.01. The predicted octanol–water partition coefficient (Wildman–Crippen LogP) is 4.24. The maximum absolute atomic E-state index is 6.60. The van der Waals surface area contributed by atoms with Crippen LogP contribution in [0.2, 0.25) is 0 Å². The molecule has 0 spiro atoms. The molecule has 0 aromatic rings. The summed E-state index contributed by atoms with van der Waals surface area (Å²) in [5.74, 6) is 2.14. The van der Waals surface area contributed by atoms with Crippen molar-refractivity contribution in [3.8, 4) is 0 Å². The molecule has 3 nitrogen and oxygen atoms in total. The van der Waals surface area contributed by atoms with Crippen LogP contribution in [0.1, 0.15) is 38.5 Å². The molecule has 25 heavy (non-hydrogen) atoms. The highest BCUT2D eigenvalue weighted by molar-refractivity contribution is 5.38. The zero-order valence-corrected chi connectivity index (χ0v) is 15.6. The predicted molar refractivity (Wildman–Crippen MR) is 101 cm³/mol. The maximum Gasteiger partial charge on any atom is 0.122 e. The Labute approximate surface area is 152 Å². The summed E-state index contributed by atoms with van der Waals surface area (Å²) in [7, 11) is 4.27. The van der Waals surface area contributed by atoms with E-state index in [1.54, 1.807) is 0 Å². The van der Waals surface area contributed by atoms with E-state index in [0.717, 1.165) is 51.0 Å². The van der Waals surface area contributed by atoms with Gasteiger partial charge in [0.05, 0.1) is 6.10 Å². The Morgan fingerprint density at radius 2 is 2.16 bits per heavy atom. The second-order valence-corrected chi connectivity index (χ2v) is 8.16. The van der Waals surface area contributed by atoms with Crippen LogP contribution >= 0.6 is 0 Å². The fraction of sp³-hybridized carbons (Fsp3) is 0.636. The van der Waals surface area contributed by atoms with E-state index in [2.05, 4.69) is 55.5 Å². The minimum Gasteiger partial charge on any atom is -0.486 e. The molecular weight excluding hydrogens is 310 g/mol. The molecule has 0 amide bonds. The molecule has 4 rings (SSSR count). The van der Waals surface area contributed by atoms with E-state index in [4.69, 9.17) is 9.47 Å². The zero-order chi connectivity index (χ0) is 17.3. The fourth-order valence-electron chi connectivity index (χ4n) is 4.66. The second-order valence-electron chi connectivity index (χ2n) is 8.16. The van der Waals surface area contributed by atoms with Crippen molar-refractivity contribution in [3.05, 3.63) is 47.8 Å². The van der Waals surface area contributed by atoms with Crippen molar-refractivity contribution in [2.24, 2.45) is 11.8 Å². The molecule has 3 aliphatic carbocycles. The molecule has 0 aromatic heterocycles. The number of nitrogens with zero attached hydrogens (tertiary/aromatic N) is 1. The van der Waals surface area contributed by atoms with Crippen LogP contribution in [0.25, 0.3) is 0 Å². The summed E-state index contributed by atoms with van der Waals surface area (Å²) in [5, 5.41) is 0. The summed E-state index contributed by atoms with van der Waals surface area (Å²) < 4.78 is 13.1. The molecule has 0 bridgehead atoms. The van der Waals surface area contributed by atoms with Gasteiger partial charge in [0.25, 0.3) is 0 Å². The van der Waals surface area contributed by atoms with Crippen LogP contribution in [-0.4, -0.2) is 43.9 Å². The SMILES string of the molecule is CN(C)CCCCOC1C2=C(C=CCC2)OC2(C3C=CC=CC3)CC12. The van der Waals surface area contributed by atoms with Gasteiger partial charge in [0.2, 0.25) is 0 Å². The van der Waals surface area contributed by atoms with Crippen LogP contribution in [-0.2, 0) is 9.47 Å². The molecule has 0 saturated heterocycles. The number of allylic oxidation sites excluding steroid dienone is 5. The molecule has 0 radical (unpaired) electrons. The van der Waals surface area contributed by atoms with Crippen molar-refractivity contribution in [2.45, 2.75) is 50.2 Å². The van der Waals surface area contributed by atoms with Gasteiger partial charge in [-0.15, -0.1) is 0 Å². The van der Waals surface area contributed by atoms with Crippen molar-refractivity contribution in [2.75, 3.05) is 27.2 Å². The first-order valence-electron chi connectivity index (χ1n) is 9.89. The lowest BCUT2D eigenvalue weighted by atomic mass is 9.85. The normalized spacial score (nSPS) is 35.6. The fourth-order valence-corrected chi connectivity index (χ4v) is 4.66. The van der Waals surface area contributed by atoms with E-state index in [1.807, 2.05) is 0 Å². The van der Waals surface area contributed by atoms with Gasteiger partial charge in [0.1, 0.15) is 11.4 Å². The van der Waals surface area contributed by atoms with Crippen LogP contribution in [0.15, 0.2) is 47.8 Å². The maximum atomic E-state index is 6.60. The molecule has 136 valence electrons. The standard InChI is InChI=1S/C22H31NO2/c1-23(2)14-8-9-15-24-21-18-12-6-7-13-20(18)25-22(16-19(21)22)17-10-4-3-5-11-17/h3-5,7,10,13,17,19,21H,6,8-9,11-12,14-16H2,1-2H3. The van der Waals surface area contributed by atoms with Crippen molar-refractivity contribution < 1.29 is 9.47 Å². The number of unbranched alkanes of at least 4 members (excludes halogenated alkanes) is 1. The van der Waals surface area contributed by atoms with E-state index in [0.29, 0.717) is 11.8 Å². The van der Waals surface area contributed by atoms with Gasteiger partial charge in [-0.3, -0.25) is 0 Å². The Balaban J connectivity index is 1.44. The van der Waals surface area contributed by atoms with Crippen LogP contribution in [0.3, 0.4) is 0 Å². The van der Waals surface area contributed by atoms with Gasteiger partial charge in [-0.25, -0.2) is 0 Å². The second kappa shape index (κ2) is 7.13. The third-order valence-electron chi connectivity index (χ3n) is 6.09. The molecule has 3 heteroatoms. The minimum atomic E-state index is -0.0178. The Hall–Kier alpha value is -1.32. The molecule has 1 fully saturated rings. The quantitative estimate of drug-likeness (QED) is 0.647. The minimum absolute atomic E-state index is 0.0178. The lowest BCUT2D eigenvalue weighted by molar-refractivity contribution is -0.0279. The monoisotopic (exact) mass is 341 g/mol. The number of ether oxygens (including phenoxy) is 2. The topological polar surface area (TPSA) is 21.7 Å². The van der Waals surface area contributed by atoms with Crippen molar-refractivity contribution in [1.82, 2.24) is 4.90 Å². The molecule has 1 aliphatic heterocycles. The average molecular weight is 341 g/mol. The van der Waals surface area contributed by atoms with Gasteiger partial charge in [-0.1, -0.05) is 30.4 Å². The Bertz CT molecular complexity index is 616. The third-order valence-corrected chi connectivity index (χ3v) is 6.09. The first-order valence-corrected chi connectivity index (χ1v) is 9.89. The van der Waals surface area contributed by atoms with Gasteiger partial charge in [0, 0.05) is 24.0 Å². The van der Waals surface area contributed by atoms with E-state index in [-0.39, 0.29) is 11.7 Å². The number of hydrogen-bond donors (Lipinski definition) is 0. The van der Waals surface area contributed by atoms with Crippen molar-refractivity contribution in [1.29, 1.82) is 0 Å². The van der Waals surface area contributed by atoms with Crippen LogP contribution in [0.4, 0.5) is 0 Å². The first kappa shape index (κ1) is 17.1. The summed E-state index contributed by atoms with van der Waals surface area (Å²) in [6, 6.07) is 0. The van der Waals surface area contributed by atoms with Gasteiger partial charge in [0.15, 0.2) is 0 Å². The van der Waals surface area contributed by atoms with Crippen molar-refractivity contribution >= 4 is 0 Å². The Morgan fingerprint density at radius 1 is 1.24 bits per heavy atom. The van der Waals surface area contributed by atoms with E-state index in [9.17, 15) is 0 Å². The van der Waals surface area contributed by atoms with Crippen molar-refractivity contribution in [3.63, 3.8) is 0 Å². The summed E-state index contributed by atoms with van der Waals surface area (Å²) in [5.41, 5.74) is 1.40. The summed E-state index contributed by atoms with van der Waals surface area (Å²) in [4.78, 5) is 2.25. The summed E-state index contributed by atoms with van der Waals surface area (Å²) >= 11 is 0. The highest BCUT2D eigenvalue weighted by Gasteiger charge is 2.67. The Morgan fingerprint density at radius 3 is 2.96 bits per heavy atom. The number of hydrogen-bond acceptors (Lipinski definition) is 3. The molecule has 1 heterocycles. The van der Waals surface area contributed by atoms with Crippen LogP contribution < -0.4 is 0 Å². The molecule has 0 N–H and O–H groups in total. The number of fused-ring (bicyclic) bond motifs is 1. The largest absolute Gasteiger partial charge is 0.486 e. The molecule has 4 unspecified atom stereocenters. The first-order chi connectivity index (χ1) is 12.2. The molecule has 4 aliphatic rings. The molecule has 0 aromatic carbocycles. The highest BCUT2D eigenvalue weighted by atomic mass is 16.5. The van der Waals surface area contributed by atoms with E-state index >= 15 is 0 Å². The van der Waals surface area contributed by atoms with E-state index < -0.39 is 0 Å². The summed E-state index contributed by atoms with van der Waals surface area (Å²) in [6.07, 6.45) is 20.4. The zero-order valence-electron chi connectivity index (χ0n) is 15.6. The Kier molecular flexibility index (Phi) is 4.88. The smallest absolute Gasteiger partial charge is 0.122 e. The average Bonchev–Trinajstić information content (AvgIpc) is 3.36. The van der Waals surface area contributed by atoms with Gasteiger partial charge < -0.3 is 14.4 Å². The highest BCUT2D eigenvalue weighted by Crippen LogP contribution is 2.62. The van der Waals surface area contributed by atoms with Gasteiger partial charge in [-0.2, -0.15) is 0 Å². The number of rotatable bonds is 7. The van der Waals surface area contributed by atoms with Gasteiger partial charge >= 0.3 is 0 Å². The van der Waals surface area contributed by atoms with E-state index in [1.165, 1.54) is 12.0 Å².